The Balaban J connectivity index is 1.53. The number of amides is 1. The van der Waals surface area contributed by atoms with Crippen LogP contribution in [0.4, 0.5) is 11.4 Å². The number of carbonyl (C=O) groups is 1. The molecule has 0 unspecified atom stereocenters. The fourth-order valence-electron chi connectivity index (χ4n) is 2.94. The van der Waals surface area contributed by atoms with Crippen molar-refractivity contribution < 1.29 is 4.79 Å². The molecule has 0 saturated carbocycles. The highest BCUT2D eigenvalue weighted by Crippen LogP contribution is 2.26. The standard InChI is InChI=1S/C19H19ClN4O/c20-16-6-2-4-8-18(16)24-11-9-23(10-12-24)14-19(25)22-17-7-3-1-5-15(17)13-21/h1-8H,9-12,14H2,(H,22,25). The van der Waals surface area contributed by atoms with Crippen molar-refractivity contribution in [2.45, 2.75) is 0 Å². The molecule has 0 atom stereocenters. The minimum absolute atomic E-state index is 0.103. The highest BCUT2D eigenvalue weighted by molar-refractivity contribution is 6.33. The molecule has 5 nitrogen and oxygen atoms in total. The number of hydrogen-bond donors (Lipinski definition) is 1. The number of hydrogen-bond acceptors (Lipinski definition) is 4. The topological polar surface area (TPSA) is 59.4 Å². The summed E-state index contributed by atoms with van der Waals surface area (Å²) in [5.41, 5.74) is 2.07. The van der Waals surface area contributed by atoms with E-state index >= 15 is 0 Å². The van der Waals surface area contributed by atoms with Crippen LogP contribution in [-0.2, 0) is 4.79 Å². The van der Waals surface area contributed by atoms with E-state index in [1.165, 1.54) is 0 Å². The number of carbonyl (C=O) groups excluding carboxylic acids is 1. The van der Waals surface area contributed by atoms with E-state index in [-0.39, 0.29) is 5.91 Å². The summed E-state index contributed by atoms with van der Waals surface area (Å²) in [6.07, 6.45) is 0. The Morgan fingerprint density at radius 2 is 1.76 bits per heavy atom. The minimum atomic E-state index is -0.103. The zero-order valence-electron chi connectivity index (χ0n) is 13.8. The van der Waals surface area contributed by atoms with E-state index in [0.717, 1.165) is 36.9 Å². The van der Waals surface area contributed by atoms with Crippen LogP contribution in [0.2, 0.25) is 5.02 Å². The number of piperazine rings is 1. The molecule has 1 N–H and O–H groups in total. The van der Waals surface area contributed by atoms with E-state index in [4.69, 9.17) is 16.9 Å². The number of para-hydroxylation sites is 2. The highest BCUT2D eigenvalue weighted by atomic mass is 35.5. The van der Waals surface area contributed by atoms with Gasteiger partial charge < -0.3 is 10.2 Å². The molecule has 1 amide bonds. The largest absolute Gasteiger partial charge is 0.368 e. The van der Waals surface area contributed by atoms with E-state index in [1.54, 1.807) is 24.3 Å². The molecular weight excluding hydrogens is 336 g/mol. The zero-order chi connectivity index (χ0) is 17.6. The predicted molar refractivity (Wildman–Crippen MR) is 99.9 cm³/mol. The second-order valence-electron chi connectivity index (χ2n) is 5.92. The van der Waals surface area contributed by atoms with Crippen LogP contribution < -0.4 is 10.2 Å². The molecular formula is C19H19ClN4O. The Morgan fingerprint density at radius 1 is 1.08 bits per heavy atom. The average Bonchev–Trinajstić information content (AvgIpc) is 2.63. The van der Waals surface area contributed by atoms with Crippen molar-refractivity contribution in [1.29, 1.82) is 5.26 Å². The molecule has 6 heteroatoms. The molecule has 1 saturated heterocycles. The van der Waals surface area contributed by atoms with Gasteiger partial charge in [0.2, 0.25) is 5.91 Å². The van der Waals surface area contributed by atoms with Crippen molar-refractivity contribution in [1.82, 2.24) is 4.90 Å². The Morgan fingerprint density at radius 3 is 2.48 bits per heavy atom. The number of nitriles is 1. The number of halogens is 1. The average molecular weight is 355 g/mol. The molecule has 0 bridgehead atoms. The molecule has 0 aliphatic carbocycles. The SMILES string of the molecule is N#Cc1ccccc1NC(=O)CN1CCN(c2ccccc2Cl)CC1. The maximum Gasteiger partial charge on any atom is 0.238 e. The second-order valence-corrected chi connectivity index (χ2v) is 6.33. The van der Waals surface area contributed by atoms with Crippen molar-refractivity contribution in [3.8, 4) is 6.07 Å². The monoisotopic (exact) mass is 354 g/mol. The molecule has 1 aliphatic rings. The molecule has 0 spiro atoms. The predicted octanol–water partition coefficient (Wildman–Crippen LogP) is 2.97. The molecule has 2 aromatic carbocycles. The Bertz CT molecular complexity index is 794. The van der Waals surface area contributed by atoms with Crippen LogP contribution in [0.5, 0.6) is 0 Å². The molecule has 128 valence electrons. The van der Waals surface area contributed by atoms with Crippen LogP contribution in [0.1, 0.15) is 5.56 Å². The van der Waals surface area contributed by atoms with Crippen molar-refractivity contribution in [3.05, 3.63) is 59.1 Å². The van der Waals surface area contributed by atoms with Gasteiger partial charge in [-0.05, 0) is 24.3 Å². The van der Waals surface area contributed by atoms with Gasteiger partial charge in [-0.2, -0.15) is 5.26 Å². The third-order valence-corrected chi connectivity index (χ3v) is 4.57. The molecule has 25 heavy (non-hydrogen) atoms. The van der Waals surface area contributed by atoms with Crippen molar-refractivity contribution >= 4 is 28.9 Å². The van der Waals surface area contributed by atoms with Crippen molar-refractivity contribution in [2.24, 2.45) is 0 Å². The molecule has 0 aromatic heterocycles. The fourth-order valence-corrected chi connectivity index (χ4v) is 3.19. The maximum absolute atomic E-state index is 12.3. The first-order chi connectivity index (χ1) is 12.2. The summed E-state index contributed by atoms with van der Waals surface area (Å²) in [5, 5.41) is 12.7. The Kier molecular flexibility index (Phi) is 5.54. The molecule has 3 rings (SSSR count). The third-order valence-electron chi connectivity index (χ3n) is 4.25. The van der Waals surface area contributed by atoms with Gasteiger partial charge >= 0.3 is 0 Å². The summed E-state index contributed by atoms with van der Waals surface area (Å²) in [6, 6.07) is 16.9. The summed E-state index contributed by atoms with van der Waals surface area (Å²) in [7, 11) is 0. The first kappa shape index (κ1) is 17.3. The first-order valence-corrected chi connectivity index (χ1v) is 8.56. The van der Waals surface area contributed by atoms with E-state index < -0.39 is 0 Å². The second kappa shape index (κ2) is 8.02. The summed E-state index contributed by atoms with van der Waals surface area (Å²) in [6.45, 7) is 3.55. The van der Waals surface area contributed by atoms with Gasteiger partial charge in [-0.15, -0.1) is 0 Å². The maximum atomic E-state index is 12.3. The fraction of sp³-hybridized carbons (Fsp3) is 0.263. The van der Waals surface area contributed by atoms with Gasteiger partial charge in [0.25, 0.3) is 0 Å². The molecule has 0 radical (unpaired) electrons. The van der Waals surface area contributed by atoms with Crippen LogP contribution in [0, 0.1) is 11.3 Å². The highest BCUT2D eigenvalue weighted by Gasteiger charge is 2.20. The molecule has 1 heterocycles. The van der Waals surface area contributed by atoms with E-state index in [1.807, 2.05) is 24.3 Å². The van der Waals surface area contributed by atoms with E-state index in [0.29, 0.717) is 17.8 Å². The lowest BCUT2D eigenvalue weighted by Crippen LogP contribution is -2.48. The minimum Gasteiger partial charge on any atom is -0.368 e. The zero-order valence-corrected chi connectivity index (χ0v) is 14.5. The summed E-state index contributed by atoms with van der Waals surface area (Å²) in [4.78, 5) is 16.6. The van der Waals surface area contributed by atoms with Gasteiger partial charge in [-0.3, -0.25) is 9.69 Å². The number of anilines is 2. The molecule has 1 aliphatic heterocycles. The van der Waals surface area contributed by atoms with Crippen LogP contribution in [0.15, 0.2) is 48.5 Å². The number of benzene rings is 2. The lowest BCUT2D eigenvalue weighted by molar-refractivity contribution is -0.117. The van der Waals surface area contributed by atoms with Crippen molar-refractivity contribution in [3.63, 3.8) is 0 Å². The van der Waals surface area contributed by atoms with E-state index in [9.17, 15) is 4.79 Å². The van der Waals surface area contributed by atoms with E-state index in [2.05, 4.69) is 21.2 Å². The quantitative estimate of drug-likeness (QED) is 0.917. The van der Waals surface area contributed by atoms with Gasteiger partial charge in [-0.1, -0.05) is 35.9 Å². The van der Waals surface area contributed by atoms with Gasteiger partial charge in [0, 0.05) is 26.2 Å². The first-order valence-electron chi connectivity index (χ1n) is 8.18. The normalized spacial score (nSPS) is 14.8. The lowest BCUT2D eigenvalue weighted by Gasteiger charge is -2.36. The molecule has 2 aromatic rings. The molecule has 1 fully saturated rings. The van der Waals surface area contributed by atoms with Gasteiger partial charge in [0.05, 0.1) is 28.5 Å². The summed E-state index contributed by atoms with van der Waals surface area (Å²) < 4.78 is 0. The smallest absolute Gasteiger partial charge is 0.238 e. The number of rotatable bonds is 4. The van der Waals surface area contributed by atoms with Gasteiger partial charge in [0.1, 0.15) is 6.07 Å². The summed E-state index contributed by atoms with van der Waals surface area (Å²) in [5.74, 6) is -0.103. The summed E-state index contributed by atoms with van der Waals surface area (Å²) >= 11 is 6.25. The van der Waals surface area contributed by atoms with Gasteiger partial charge in [-0.25, -0.2) is 0 Å². The van der Waals surface area contributed by atoms with Crippen LogP contribution in [-0.4, -0.2) is 43.5 Å². The van der Waals surface area contributed by atoms with Crippen LogP contribution in [0.25, 0.3) is 0 Å². The lowest BCUT2D eigenvalue weighted by atomic mass is 10.2. The van der Waals surface area contributed by atoms with Crippen LogP contribution >= 0.6 is 11.6 Å². The Hall–Kier alpha value is -2.55. The third kappa shape index (κ3) is 4.30. The Labute approximate surface area is 152 Å². The van der Waals surface area contributed by atoms with Gasteiger partial charge in [0.15, 0.2) is 0 Å². The number of nitrogens with one attached hydrogen (secondary N) is 1. The number of nitrogens with zero attached hydrogens (tertiary/aromatic N) is 3. The van der Waals surface area contributed by atoms with Crippen LogP contribution in [0.3, 0.4) is 0 Å². The van der Waals surface area contributed by atoms with Crippen molar-refractivity contribution in [2.75, 3.05) is 42.9 Å².